The summed E-state index contributed by atoms with van der Waals surface area (Å²) < 4.78 is 0. The van der Waals surface area contributed by atoms with Crippen LogP contribution in [0.1, 0.15) is 18.9 Å². The van der Waals surface area contributed by atoms with E-state index < -0.39 is 4.92 Å². The van der Waals surface area contributed by atoms with Gasteiger partial charge in [0, 0.05) is 6.20 Å². The van der Waals surface area contributed by atoms with Gasteiger partial charge in [-0.15, -0.1) is 0 Å². The number of nitrogens with one attached hydrogen (secondary N) is 1. The number of aromatic nitrogens is 1. The normalized spacial score (nSPS) is 11.6. The fourth-order valence-corrected chi connectivity index (χ4v) is 1.30. The van der Waals surface area contributed by atoms with Crippen molar-refractivity contribution in [1.82, 2.24) is 4.98 Å². The molecule has 0 aromatic carbocycles. The molecular formula is C10H12N4O3. The van der Waals surface area contributed by atoms with Gasteiger partial charge < -0.3 is 10.4 Å². The lowest BCUT2D eigenvalue weighted by Gasteiger charge is -2.14. The lowest BCUT2D eigenvalue weighted by atomic mass is 10.2. The lowest BCUT2D eigenvalue weighted by molar-refractivity contribution is -0.384. The van der Waals surface area contributed by atoms with Crippen molar-refractivity contribution in [2.24, 2.45) is 0 Å². The number of hydrogen-bond acceptors (Lipinski definition) is 6. The first-order valence-corrected chi connectivity index (χ1v) is 5.04. The Balaban J connectivity index is 3.15. The number of anilines is 1. The number of nitrogens with zero attached hydrogens (tertiary/aromatic N) is 3. The molecule has 0 fully saturated rings. The smallest absolute Gasteiger partial charge is 0.328 e. The van der Waals surface area contributed by atoms with Crippen molar-refractivity contribution in [3.05, 3.63) is 27.9 Å². The molecule has 1 heterocycles. The van der Waals surface area contributed by atoms with Gasteiger partial charge in [-0.05, 0) is 12.5 Å². The minimum atomic E-state index is -0.655. The topological polar surface area (TPSA) is 112 Å². The summed E-state index contributed by atoms with van der Waals surface area (Å²) in [4.78, 5) is 14.0. The highest BCUT2D eigenvalue weighted by molar-refractivity contribution is 5.64. The first-order valence-electron chi connectivity index (χ1n) is 5.04. The fraction of sp³-hybridized carbons (Fsp3) is 0.400. The van der Waals surface area contributed by atoms with E-state index in [-0.39, 0.29) is 29.7 Å². The zero-order chi connectivity index (χ0) is 12.8. The second kappa shape index (κ2) is 5.77. The van der Waals surface area contributed by atoms with Gasteiger partial charge in [0.05, 0.1) is 17.6 Å². The number of hydrogen-bond donors (Lipinski definition) is 2. The molecule has 2 N–H and O–H groups in total. The highest BCUT2D eigenvalue weighted by Crippen LogP contribution is 2.26. The van der Waals surface area contributed by atoms with Crippen LogP contribution in [-0.2, 0) is 0 Å². The standard InChI is InChI=1S/C10H12N4O3/c1-2-8(6-15)13-10-9(14(16)17)7(5-11)3-4-12-10/h3-4,8,15H,2,6H2,1H3,(H,12,13). The largest absolute Gasteiger partial charge is 0.394 e. The summed E-state index contributed by atoms with van der Waals surface area (Å²) in [5, 5.41) is 31.4. The van der Waals surface area contributed by atoms with Crippen molar-refractivity contribution in [3.63, 3.8) is 0 Å². The SMILES string of the molecule is CCC(CO)Nc1nccc(C#N)c1[N+](=O)[O-]. The average molecular weight is 236 g/mol. The van der Waals surface area contributed by atoms with Gasteiger partial charge in [0.25, 0.3) is 0 Å². The van der Waals surface area contributed by atoms with Gasteiger partial charge in [0.1, 0.15) is 11.6 Å². The van der Waals surface area contributed by atoms with E-state index in [4.69, 9.17) is 10.4 Å². The molecule has 0 aliphatic rings. The molecule has 1 rings (SSSR count). The summed E-state index contributed by atoms with van der Waals surface area (Å²) in [5.41, 5.74) is -0.415. The lowest BCUT2D eigenvalue weighted by Crippen LogP contribution is -2.24. The van der Waals surface area contributed by atoms with Crippen LogP contribution < -0.4 is 5.32 Å². The molecule has 90 valence electrons. The summed E-state index contributed by atoms with van der Waals surface area (Å²) in [7, 11) is 0. The molecule has 0 radical (unpaired) electrons. The Morgan fingerprint density at radius 2 is 2.47 bits per heavy atom. The zero-order valence-corrected chi connectivity index (χ0v) is 9.25. The molecule has 0 saturated heterocycles. The minimum absolute atomic E-state index is 0.00921. The molecular weight excluding hydrogens is 224 g/mol. The van der Waals surface area contributed by atoms with Crippen LogP contribution in [0, 0.1) is 21.4 Å². The summed E-state index contributed by atoms with van der Waals surface area (Å²) in [6.07, 6.45) is 1.91. The highest BCUT2D eigenvalue weighted by Gasteiger charge is 2.22. The van der Waals surface area contributed by atoms with E-state index in [9.17, 15) is 10.1 Å². The Bertz CT molecular complexity index is 451. The van der Waals surface area contributed by atoms with Crippen LogP contribution in [0.4, 0.5) is 11.5 Å². The summed E-state index contributed by atoms with van der Waals surface area (Å²) in [6.45, 7) is 1.67. The van der Waals surface area contributed by atoms with Crippen LogP contribution in [0.2, 0.25) is 0 Å². The van der Waals surface area contributed by atoms with Crippen LogP contribution in [0.5, 0.6) is 0 Å². The van der Waals surface area contributed by atoms with Crippen LogP contribution in [0.25, 0.3) is 0 Å². The number of aliphatic hydroxyl groups excluding tert-OH is 1. The molecule has 0 aliphatic carbocycles. The van der Waals surface area contributed by atoms with E-state index >= 15 is 0 Å². The summed E-state index contributed by atoms with van der Waals surface area (Å²) in [6, 6.07) is 2.70. The minimum Gasteiger partial charge on any atom is -0.394 e. The maximum atomic E-state index is 10.9. The Hall–Kier alpha value is -2.20. The predicted molar refractivity (Wildman–Crippen MR) is 60.4 cm³/mol. The Kier molecular flexibility index (Phi) is 4.37. The number of nitro groups is 1. The van der Waals surface area contributed by atoms with E-state index in [2.05, 4.69) is 10.3 Å². The number of nitriles is 1. The van der Waals surface area contributed by atoms with E-state index in [0.717, 1.165) is 0 Å². The highest BCUT2D eigenvalue weighted by atomic mass is 16.6. The van der Waals surface area contributed by atoms with Crippen molar-refractivity contribution in [2.75, 3.05) is 11.9 Å². The Morgan fingerprint density at radius 3 is 2.94 bits per heavy atom. The van der Waals surface area contributed by atoms with Gasteiger partial charge in [-0.1, -0.05) is 6.92 Å². The first kappa shape index (κ1) is 12.9. The Morgan fingerprint density at radius 1 is 1.76 bits per heavy atom. The molecule has 7 heteroatoms. The van der Waals surface area contributed by atoms with Crippen molar-refractivity contribution < 1.29 is 10.0 Å². The summed E-state index contributed by atoms with van der Waals surface area (Å²) >= 11 is 0. The van der Waals surface area contributed by atoms with Crippen LogP contribution >= 0.6 is 0 Å². The van der Waals surface area contributed by atoms with E-state index in [1.807, 2.05) is 6.92 Å². The third kappa shape index (κ3) is 2.89. The fourth-order valence-electron chi connectivity index (χ4n) is 1.30. The van der Waals surface area contributed by atoms with Gasteiger partial charge in [-0.25, -0.2) is 4.98 Å². The molecule has 0 spiro atoms. The second-order valence-corrected chi connectivity index (χ2v) is 3.36. The molecule has 1 atom stereocenters. The molecule has 0 aliphatic heterocycles. The van der Waals surface area contributed by atoms with Crippen molar-refractivity contribution >= 4 is 11.5 Å². The van der Waals surface area contributed by atoms with Gasteiger partial charge in [0.15, 0.2) is 0 Å². The molecule has 0 saturated carbocycles. The first-order chi connectivity index (χ1) is 8.13. The van der Waals surface area contributed by atoms with Crippen molar-refractivity contribution in [3.8, 4) is 6.07 Å². The van der Waals surface area contributed by atoms with Crippen LogP contribution in [0.15, 0.2) is 12.3 Å². The summed E-state index contributed by atoms with van der Waals surface area (Å²) in [5.74, 6) is 0.00921. The molecule has 1 unspecified atom stereocenters. The quantitative estimate of drug-likeness (QED) is 0.583. The second-order valence-electron chi connectivity index (χ2n) is 3.36. The Labute approximate surface area is 97.9 Å². The average Bonchev–Trinajstić information content (AvgIpc) is 2.34. The van der Waals surface area contributed by atoms with Crippen LogP contribution in [0.3, 0.4) is 0 Å². The van der Waals surface area contributed by atoms with Crippen molar-refractivity contribution in [2.45, 2.75) is 19.4 Å². The van der Waals surface area contributed by atoms with E-state index in [1.165, 1.54) is 12.3 Å². The monoisotopic (exact) mass is 236 g/mol. The van der Waals surface area contributed by atoms with Crippen LogP contribution in [-0.4, -0.2) is 27.7 Å². The van der Waals surface area contributed by atoms with E-state index in [1.54, 1.807) is 6.07 Å². The van der Waals surface area contributed by atoms with Gasteiger partial charge in [-0.2, -0.15) is 5.26 Å². The maximum Gasteiger partial charge on any atom is 0.328 e. The maximum absolute atomic E-state index is 10.9. The third-order valence-corrected chi connectivity index (χ3v) is 2.28. The zero-order valence-electron chi connectivity index (χ0n) is 9.25. The van der Waals surface area contributed by atoms with Crippen molar-refractivity contribution in [1.29, 1.82) is 5.26 Å². The molecule has 7 nitrogen and oxygen atoms in total. The third-order valence-electron chi connectivity index (χ3n) is 2.28. The predicted octanol–water partition coefficient (Wildman–Crippen LogP) is 1.04. The number of aliphatic hydroxyl groups is 1. The van der Waals surface area contributed by atoms with Gasteiger partial charge in [-0.3, -0.25) is 10.1 Å². The molecule has 17 heavy (non-hydrogen) atoms. The molecule has 0 bridgehead atoms. The van der Waals surface area contributed by atoms with Gasteiger partial charge in [0.2, 0.25) is 5.82 Å². The number of rotatable bonds is 5. The molecule has 0 amide bonds. The molecule has 1 aromatic rings. The van der Waals surface area contributed by atoms with E-state index in [0.29, 0.717) is 6.42 Å². The number of pyridine rings is 1. The molecule has 1 aromatic heterocycles. The van der Waals surface area contributed by atoms with Gasteiger partial charge >= 0.3 is 5.69 Å².